The van der Waals surface area contributed by atoms with Crippen molar-refractivity contribution in [2.24, 2.45) is 0 Å². The first-order chi connectivity index (χ1) is 19.3. The van der Waals surface area contributed by atoms with E-state index < -0.39 is 36.0 Å². The SMILES string of the molecule is COc1ccc(C[C@H](NC(=O)[C@H](C)NC(=O)CC2CNCCO2)C(=O)N[C@@H](CC2=CCCC2)C(=O)[C@H]2CO2)cc1. The third kappa shape index (κ3) is 8.87. The van der Waals surface area contributed by atoms with Crippen LogP contribution in [0, 0.1) is 0 Å². The molecule has 1 aliphatic carbocycles. The molecule has 11 nitrogen and oxygen atoms in total. The summed E-state index contributed by atoms with van der Waals surface area (Å²) in [5.41, 5.74) is 1.94. The molecule has 5 atom stereocenters. The van der Waals surface area contributed by atoms with Crippen LogP contribution in [-0.4, -0.2) is 87.3 Å². The topological polar surface area (TPSA) is 147 Å². The molecule has 4 rings (SSSR count). The number of nitrogens with one attached hydrogen (secondary N) is 4. The standard InChI is InChI=1S/C29H40N4O7/c1-18(31-26(34)15-22-16-30-11-12-39-22)28(36)33-24(14-20-7-9-21(38-2)10-8-20)29(37)32-23(27(35)25-17-40-25)13-19-5-3-4-6-19/h5,7-10,18,22-25,30H,3-4,6,11-17H2,1-2H3,(H,31,34)(H,32,37)(H,33,36)/t18-,22?,23-,24-,25+/m0/s1. The van der Waals surface area contributed by atoms with Gasteiger partial charge in [0.05, 0.1) is 38.9 Å². The molecule has 0 aromatic heterocycles. The van der Waals surface area contributed by atoms with Crippen molar-refractivity contribution in [3.05, 3.63) is 41.5 Å². The van der Waals surface area contributed by atoms with Crippen LogP contribution in [-0.2, 0) is 35.1 Å². The Labute approximate surface area is 234 Å². The monoisotopic (exact) mass is 556 g/mol. The highest BCUT2D eigenvalue weighted by molar-refractivity contribution is 5.96. The molecule has 1 aromatic carbocycles. The molecule has 40 heavy (non-hydrogen) atoms. The molecule has 2 heterocycles. The molecule has 3 amide bonds. The lowest BCUT2D eigenvalue weighted by molar-refractivity contribution is -0.133. The van der Waals surface area contributed by atoms with Gasteiger partial charge in [-0.3, -0.25) is 19.2 Å². The zero-order valence-corrected chi connectivity index (χ0v) is 23.2. The van der Waals surface area contributed by atoms with Crippen LogP contribution in [0.3, 0.4) is 0 Å². The summed E-state index contributed by atoms with van der Waals surface area (Å²) in [7, 11) is 1.57. The molecule has 3 aliphatic rings. The number of amides is 3. The Kier molecular flexibility index (Phi) is 10.7. The summed E-state index contributed by atoms with van der Waals surface area (Å²) in [6.45, 7) is 3.77. The van der Waals surface area contributed by atoms with Crippen LogP contribution in [0.5, 0.6) is 5.75 Å². The van der Waals surface area contributed by atoms with Crippen molar-refractivity contribution in [1.82, 2.24) is 21.3 Å². The van der Waals surface area contributed by atoms with Gasteiger partial charge in [-0.25, -0.2) is 0 Å². The summed E-state index contributed by atoms with van der Waals surface area (Å²) in [5.74, 6) is -0.774. The molecule has 2 saturated heterocycles. The number of ketones is 1. The fourth-order valence-electron chi connectivity index (χ4n) is 4.94. The number of ether oxygens (including phenoxy) is 3. The van der Waals surface area contributed by atoms with Crippen molar-refractivity contribution in [1.29, 1.82) is 0 Å². The lowest BCUT2D eigenvalue weighted by Crippen LogP contribution is -2.56. The van der Waals surface area contributed by atoms with Crippen molar-refractivity contribution in [2.45, 2.75) is 75.8 Å². The van der Waals surface area contributed by atoms with Crippen LogP contribution in [0.1, 0.15) is 44.6 Å². The van der Waals surface area contributed by atoms with E-state index in [0.29, 0.717) is 31.9 Å². The Morgan fingerprint density at radius 1 is 1.02 bits per heavy atom. The van der Waals surface area contributed by atoms with E-state index in [0.717, 1.165) is 36.9 Å². The van der Waals surface area contributed by atoms with Crippen LogP contribution in [0.25, 0.3) is 0 Å². The van der Waals surface area contributed by atoms with Crippen molar-refractivity contribution in [2.75, 3.05) is 33.4 Å². The number of hydrogen-bond acceptors (Lipinski definition) is 8. The van der Waals surface area contributed by atoms with E-state index in [1.807, 2.05) is 12.1 Å². The minimum Gasteiger partial charge on any atom is -0.497 e. The van der Waals surface area contributed by atoms with Gasteiger partial charge in [-0.05, 0) is 50.3 Å². The van der Waals surface area contributed by atoms with E-state index in [-0.39, 0.29) is 30.6 Å². The van der Waals surface area contributed by atoms with E-state index in [4.69, 9.17) is 14.2 Å². The van der Waals surface area contributed by atoms with Crippen molar-refractivity contribution < 1.29 is 33.4 Å². The molecule has 11 heteroatoms. The number of methoxy groups -OCH3 is 1. The van der Waals surface area contributed by atoms with Gasteiger partial charge in [0.1, 0.15) is 23.9 Å². The number of carbonyl (C=O) groups is 4. The third-order valence-electron chi connectivity index (χ3n) is 7.33. The molecule has 1 unspecified atom stereocenters. The minimum absolute atomic E-state index is 0.128. The number of allylic oxidation sites excluding steroid dienone is 1. The van der Waals surface area contributed by atoms with Gasteiger partial charge in [-0.2, -0.15) is 0 Å². The number of hydrogen-bond donors (Lipinski definition) is 4. The second-order valence-electron chi connectivity index (χ2n) is 10.5. The first-order valence-electron chi connectivity index (χ1n) is 14.0. The van der Waals surface area contributed by atoms with Gasteiger partial charge in [0.15, 0.2) is 5.78 Å². The highest BCUT2D eigenvalue weighted by atomic mass is 16.6. The van der Waals surface area contributed by atoms with Crippen LogP contribution in [0.4, 0.5) is 0 Å². The van der Waals surface area contributed by atoms with Crippen LogP contribution >= 0.6 is 0 Å². The maximum atomic E-state index is 13.6. The Hall–Kier alpha value is -3.28. The van der Waals surface area contributed by atoms with Gasteiger partial charge >= 0.3 is 0 Å². The van der Waals surface area contributed by atoms with Crippen molar-refractivity contribution >= 4 is 23.5 Å². The Balaban J connectivity index is 1.42. The Morgan fingerprint density at radius 3 is 2.40 bits per heavy atom. The van der Waals surface area contributed by atoms with Gasteiger partial charge in [-0.1, -0.05) is 23.8 Å². The lowest BCUT2D eigenvalue weighted by atomic mass is 9.98. The van der Waals surface area contributed by atoms with Crippen molar-refractivity contribution in [3.63, 3.8) is 0 Å². The number of carbonyl (C=O) groups excluding carboxylic acids is 4. The molecular formula is C29H40N4O7. The molecule has 2 aliphatic heterocycles. The smallest absolute Gasteiger partial charge is 0.243 e. The van der Waals surface area contributed by atoms with E-state index in [9.17, 15) is 19.2 Å². The van der Waals surface area contributed by atoms with Gasteiger partial charge in [0.25, 0.3) is 0 Å². The molecule has 0 spiro atoms. The largest absolute Gasteiger partial charge is 0.497 e. The average molecular weight is 557 g/mol. The predicted octanol–water partition coefficient (Wildman–Crippen LogP) is 0.559. The normalized spacial score (nSPS) is 22.3. The Bertz CT molecular complexity index is 1080. The number of morpholine rings is 1. The Morgan fingerprint density at radius 2 is 1.77 bits per heavy atom. The number of rotatable bonds is 14. The van der Waals surface area contributed by atoms with E-state index in [1.54, 1.807) is 26.2 Å². The number of epoxide rings is 1. The zero-order chi connectivity index (χ0) is 28.5. The highest BCUT2D eigenvalue weighted by Crippen LogP contribution is 2.24. The van der Waals surface area contributed by atoms with Gasteiger partial charge < -0.3 is 35.5 Å². The molecule has 4 N–H and O–H groups in total. The summed E-state index contributed by atoms with van der Waals surface area (Å²) in [5, 5.41) is 11.5. The van der Waals surface area contributed by atoms with Crippen LogP contribution in [0.2, 0.25) is 0 Å². The molecule has 2 fully saturated rings. The zero-order valence-electron chi connectivity index (χ0n) is 23.2. The third-order valence-corrected chi connectivity index (χ3v) is 7.33. The fraction of sp³-hybridized carbons (Fsp3) is 0.586. The molecule has 0 bridgehead atoms. The fourth-order valence-corrected chi connectivity index (χ4v) is 4.94. The maximum absolute atomic E-state index is 13.6. The van der Waals surface area contributed by atoms with Crippen LogP contribution in [0.15, 0.2) is 35.9 Å². The molecule has 0 radical (unpaired) electrons. The summed E-state index contributed by atoms with van der Waals surface area (Å²) in [4.78, 5) is 52.2. The van der Waals surface area contributed by atoms with Crippen molar-refractivity contribution in [3.8, 4) is 5.75 Å². The first kappa shape index (κ1) is 29.7. The van der Waals surface area contributed by atoms with Gasteiger partial charge in [-0.15, -0.1) is 0 Å². The first-order valence-corrected chi connectivity index (χ1v) is 14.0. The summed E-state index contributed by atoms with van der Waals surface area (Å²) in [6.07, 6.45) is 5.01. The van der Waals surface area contributed by atoms with E-state index in [2.05, 4.69) is 27.3 Å². The second-order valence-corrected chi connectivity index (χ2v) is 10.5. The summed E-state index contributed by atoms with van der Waals surface area (Å²) >= 11 is 0. The molecule has 0 saturated carbocycles. The molecule has 1 aromatic rings. The molecular weight excluding hydrogens is 516 g/mol. The summed E-state index contributed by atoms with van der Waals surface area (Å²) < 4.78 is 16.0. The molecule has 218 valence electrons. The van der Waals surface area contributed by atoms with Crippen LogP contribution < -0.4 is 26.0 Å². The van der Waals surface area contributed by atoms with Gasteiger partial charge in [0.2, 0.25) is 17.7 Å². The lowest BCUT2D eigenvalue weighted by Gasteiger charge is -2.25. The predicted molar refractivity (Wildman–Crippen MR) is 147 cm³/mol. The number of Topliss-reactive ketones (excluding diaryl/α,β-unsaturated/α-hetero) is 1. The minimum atomic E-state index is -0.973. The maximum Gasteiger partial charge on any atom is 0.243 e. The highest BCUT2D eigenvalue weighted by Gasteiger charge is 2.38. The van der Waals surface area contributed by atoms with E-state index >= 15 is 0 Å². The van der Waals surface area contributed by atoms with Gasteiger partial charge in [0, 0.05) is 19.5 Å². The quantitative estimate of drug-likeness (QED) is 0.192. The summed E-state index contributed by atoms with van der Waals surface area (Å²) in [6, 6.07) is 4.61. The second kappa shape index (κ2) is 14.4. The average Bonchev–Trinajstić information content (AvgIpc) is 3.68. The number of benzene rings is 1. The van der Waals surface area contributed by atoms with E-state index in [1.165, 1.54) is 0 Å².